The average molecular weight is 566 g/mol. The minimum atomic E-state index is -0.596. The predicted octanol–water partition coefficient (Wildman–Crippen LogP) is 5.63. The molecule has 172 valence electrons. The molecule has 3 rings (SSSR count). The van der Waals surface area contributed by atoms with E-state index in [1.54, 1.807) is 11.8 Å². The van der Waals surface area contributed by atoms with Gasteiger partial charge in [0.1, 0.15) is 11.8 Å². The predicted molar refractivity (Wildman–Crippen MR) is 134 cm³/mol. The van der Waals surface area contributed by atoms with E-state index in [1.807, 2.05) is 42.5 Å². The van der Waals surface area contributed by atoms with Gasteiger partial charge in [-0.1, -0.05) is 53.9 Å². The Kier molecular flexibility index (Phi) is 9.17. The first-order valence-electron chi connectivity index (χ1n) is 11.1. The highest BCUT2D eigenvalue weighted by atomic mass is 79.9. The van der Waals surface area contributed by atoms with Crippen molar-refractivity contribution in [1.82, 2.24) is 10.2 Å². The van der Waals surface area contributed by atoms with Gasteiger partial charge in [0.15, 0.2) is 6.61 Å². The van der Waals surface area contributed by atoms with Crippen LogP contribution in [0, 0.1) is 0 Å². The van der Waals surface area contributed by atoms with Crippen LogP contribution in [0.3, 0.4) is 0 Å². The van der Waals surface area contributed by atoms with Crippen LogP contribution in [0.15, 0.2) is 51.4 Å². The molecule has 0 aliphatic heterocycles. The van der Waals surface area contributed by atoms with E-state index in [-0.39, 0.29) is 24.5 Å². The Labute approximate surface area is 207 Å². The Hall–Kier alpha value is -1.86. The Morgan fingerprint density at radius 2 is 1.75 bits per heavy atom. The zero-order valence-electron chi connectivity index (χ0n) is 18.6. The normalized spacial score (nSPS) is 14.8. The lowest BCUT2D eigenvalue weighted by atomic mass is 10.1. The van der Waals surface area contributed by atoms with E-state index in [9.17, 15) is 9.59 Å². The number of nitrogens with zero attached hydrogens (tertiary/aromatic N) is 1. The van der Waals surface area contributed by atoms with Gasteiger partial charge in [-0.3, -0.25) is 9.59 Å². The van der Waals surface area contributed by atoms with Gasteiger partial charge < -0.3 is 15.0 Å². The smallest absolute Gasteiger partial charge is 0.261 e. The first kappa shape index (κ1) is 24.8. The fraction of sp³-hybridized carbons (Fsp3) is 0.440. The fourth-order valence-corrected chi connectivity index (χ4v) is 4.67. The second-order valence-electron chi connectivity index (χ2n) is 8.22. The van der Waals surface area contributed by atoms with E-state index >= 15 is 0 Å². The van der Waals surface area contributed by atoms with Gasteiger partial charge in [-0.15, -0.1) is 0 Å². The largest absolute Gasteiger partial charge is 0.483 e. The van der Waals surface area contributed by atoms with E-state index in [2.05, 4.69) is 44.1 Å². The van der Waals surface area contributed by atoms with Crippen molar-refractivity contribution in [3.63, 3.8) is 0 Å². The summed E-state index contributed by atoms with van der Waals surface area (Å²) in [4.78, 5) is 27.7. The first-order chi connectivity index (χ1) is 15.4. The summed E-state index contributed by atoms with van der Waals surface area (Å²) in [6.07, 6.45) is 5.21. The van der Waals surface area contributed by atoms with Crippen LogP contribution in [0.2, 0.25) is 0 Å². The minimum absolute atomic E-state index is 0.115. The number of nitrogens with one attached hydrogen (secondary N) is 1. The summed E-state index contributed by atoms with van der Waals surface area (Å²) in [5, 5.41) is 3.12. The first-order valence-corrected chi connectivity index (χ1v) is 12.7. The molecular weight excluding hydrogens is 536 g/mol. The molecule has 7 heteroatoms. The number of ether oxygens (including phenoxy) is 1. The van der Waals surface area contributed by atoms with Gasteiger partial charge in [-0.25, -0.2) is 0 Å². The molecule has 1 aliphatic rings. The van der Waals surface area contributed by atoms with E-state index in [0.717, 1.165) is 46.6 Å². The summed E-state index contributed by atoms with van der Waals surface area (Å²) in [5.41, 5.74) is 2.14. The maximum Gasteiger partial charge on any atom is 0.261 e. The van der Waals surface area contributed by atoms with Crippen molar-refractivity contribution in [2.45, 2.75) is 64.6 Å². The molecule has 1 N–H and O–H groups in total. The van der Waals surface area contributed by atoms with Crippen molar-refractivity contribution >= 4 is 43.7 Å². The SMILES string of the molecule is CCc1ccc(OCC(=O)N(Cc2ccc(Br)cc2)[C@@H](C)C(=O)NC2CCCC2)c(Br)c1. The van der Waals surface area contributed by atoms with Crippen molar-refractivity contribution in [2.75, 3.05) is 6.61 Å². The molecule has 0 spiro atoms. The Bertz CT molecular complexity index is 927. The maximum atomic E-state index is 13.2. The quantitative estimate of drug-likeness (QED) is 0.429. The van der Waals surface area contributed by atoms with Crippen molar-refractivity contribution < 1.29 is 14.3 Å². The number of benzene rings is 2. The minimum Gasteiger partial charge on any atom is -0.483 e. The molecule has 0 heterocycles. The van der Waals surface area contributed by atoms with E-state index < -0.39 is 6.04 Å². The van der Waals surface area contributed by atoms with Crippen LogP contribution in [-0.4, -0.2) is 35.4 Å². The number of aryl methyl sites for hydroxylation is 1. The van der Waals surface area contributed by atoms with Crippen LogP contribution in [0.25, 0.3) is 0 Å². The molecular formula is C25H30Br2N2O3. The van der Waals surface area contributed by atoms with Gasteiger partial charge in [0.25, 0.3) is 5.91 Å². The number of hydrogen-bond donors (Lipinski definition) is 1. The third-order valence-corrected chi connectivity index (χ3v) is 7.04. The zero-order valence-corrected chi connectivity index (χ0v) is 21.7. The Balaban J connectivity index is 1.71. The molecule has 1 fully saturated rings. The summed E-state index contributed by atoms with van der Waals surface area (Å²) in [6.45, 7) is 4.07. The molecule has 1 aliphatic carbocycles. The fourth-order valence-electron chi connectivity index (χ4n) is 3.86. The Morgan fingerprint density at radius 3 is 2.38 bits per heavy atom. The summed E-state index contributed by atoms with van der Waals surface area (Å²) in [7, 11) is 0. The van der Waals surface area contributed by atoms with Crippen molar-refractivity contribution in [2.24, 2.45) is 0 Å². The number of hydrogen-bond acceptors (Lipinski definition) is 3. The lowest BCUT2D eigenvalue weighted by molar-refractivity contribution is -0.142. The van der Waals surface area contributed by atoms with Gasteiger partial charge in [0, 0.05) is 17.1 Å². The lowest BCUT2D eigenvalue weighted by Crippen LogP contribution is -2.50. The highest BCUT2D eigenvalue weighted by molar-refractivity contribution is 9.10. The van der Waals surface area contributed by atoms with Gasteiger partial charge in [0.05, 0.1) is 4.47 Å². The van der Waals surface area contributed by atoms with Crippen LogP contribution in [0.1, 0.15) is 50.7 Å². The maximum absolute atomic E-state index is 13.2. The van der Waals surface area contributed by atoms with Crippen LogP contribution >= 0.6 is 31.9 Å². The third kappa shape index (κ3) is 6.82. The van der Waals surface area contributed by atoms with E-state index in [4.69, 9.17) is 4.74 Å². The number of carbonyl (C=O) groups is 2. The van der Waals surface area contributed by atoms with Crippen LogP contribution in [0.4, 0.5) is 0 Å². The highest BCUT2D eigenvalue weighted by Gasteiger charge is 2.28. The number of carbonyl (C=O) groups excluding carboxylic acids is 2. The molecule has 2 aromatic carbocycles. The van der Waals surface area contributed by atoms with Gasteiger partial charge >= 0.3 is 0 Å². The zero-order chi connectivity index (χ0) is 23.1. The topological polar surface area (TPSA) is 58.6 Å². The van der Waals surface area contributed by atoms with E-state index in [0.29, 0.717) is 12.3 Å². The second-order valence-corrected chi connectivity index (χ2v) is 9.99. The summed E-state index contributed by atoms with van der Waals surface area (Å²) >= 11 is 6.96. The average Bonchev–Trinajstić information content (AvgIpc) is 3.30. The van der Waals surface area contributed by atoms with Crippen LogP contribution < -0.4 is 10.1 Å². The van der Waals surface area contributed by atoms with E-state index in [1.165, 1.54) is 5.56 Å². The summed E-state index contributed by atoms with van der Waals surface area (Å²) in [5.74, 6) is 0.270. The van der Waals surface area contributed by atoms with Gasteiger partial charge in [-0.05, 0) is 77.5 Å². The standard InChI is InChI=1S/C25H30Br2N2O3/c1-3-18-10-13-23(22(27)14-18)32-16-24(30)29(15-19-8-11-20(26)12-9-19)17(2)25(31)28-21-6-4-5-7-21/h8-14,17,21H,3-7,15-16H2,1-2H3,(H,28,31)/t17-/m0/s1. The Morgan fingerprint density at radius 1 is 1.09 bits per heavy atom. The van der Waals surface area contributed by atoms with Crippen molar-refractivity contribution in [3.8, 4) is 5.75 Å². The van der Waals surface area contributed by atoms with Crippen molar-refractivity contribution in [1.29, 1.82) is 0 Å². The van der Waals surface area contributed by atoms with Gasteiger partial charge in [-0.2, -0.15) is 0 Å². The summed E-state index contributed by atoms with van der Waals surface area (Å²) < 4.78 is 7.61. The molecule has 2 aromatic rings. The van der Waals surface area contributed by atoms with Gasteiger partial charge in [0.2, 0.25) is 5.91 Å². The second kappa shape index (κ2) is 11.8. The number of amides is 2. The molecule has 1 atom stereocenters. The highest BCUT2D eigenvalue weighted by Crippen LogP contribution is 2.26. The molecule has 0 bridgehead atoms. The third-order valence-electron chi connectivity index (χ3n) is 5.89. The molecule has 0 unspecified atom stereocenters. The lowest BCUT2D eigenvalue weighted by Gasteiger charge is -2.29. The molecule has 0 saturated heterocycles. The number of halogens is 2. The molecule has 0 aromatic heterocycles. The van der Waals surface area contributed by atoms with Crippen LogP contribution in [0.5, 0.6) is 5.75 Å². The number of rotatable bonds is 9. The van der Waals surface area contributed by atoms with Crippen LogP contribution in [-0.2, 0) is 22.6 Å². The van der Waals surface area contributed by atoms with Crippen molar-refractivity contribution in [3.05, 3.63) is 62.5 Å². The molecule has 5 nitrogen and oxygen atoms in total. The molecule has 0 radical (unpaired) electrons. The monoisotopic (exact) mass is 564 g/mol. The molecule has 32 heavy (non-hydrogen) atoms. The molecule has 2 amide bonds. The summed E-state index contributed by atoms with van der Waals surface area (Å²) in [6, 6.07) is 13.2. The molecule has 1 saturated carbocycles.